The molecule has 1 aromatic heterocycles. The zero-order chi connectivity index (χ0) is 19.5. The Balaban J connectivity index is 1.61. The number of aromatic nitrogens is 2. The minimum Gasteiger partial charge on any atom is -0.478 e. The van der Waals surface area contributed by atoms with Gasteiger partial charge in [-0.3, -0.25) is 0 Å². The highest BCUT2D eigenvalue weighted by atomic mass is 35.5. The Hall–Kier alpha value is -2.86. The SMILES string of the molecule is O=C(O)c1ccc(CNc2nc(N3CCCCC3)c3cc(Cl)ccc3n2)cc1. The molecular weight excluding hydrogens is 376 g/mol. The minimum absolute atomic E-state index is 0.273. The molecule has 0 spiro atoms. The second-order valence-electron chi connectivity index (χ2n) is 6.94. The Morgan fingerprint density at radius 3 is 2.54 bits per heavy atom. The molecule has 1 aliphatic rings. The van der Waals surface area contributed by atoms with E-state index < -0.39 is 5.97 Å². The number of fused-ring (bicyclic) bond motifs is 1. The van der Waals surface area contributed by atoms with Crippen LogP contribution in [-0.4, -0.2) is 34.1 Å². The van der Waals surface area contributed by atoms with Crippen molar-refractivity contribution in [1.82, 2.24) is 9.97 Å². The number of carbonyl (C=O) groups is 1. The van der Waals surface area contributed by atoms with Crippen LogP contribution in [-0.2, 0) is 6.54 Å². The van der Waals surface area contributed by atoms with Crippen molar-refractivity contribution in [3.8, 4) is 0 Å². The van der Waals surface area contributed by atoms with Crippen molar-refractivity contribution in [2.45, 2.75) is 25.8 Å². The summed E-state index contributed by atoms with van der Waals surface area (Å²) in [6.07, 6.45) is 3.56. The summed E-state index contributed by atoms with van der Waals surface area (Å²) in [6, 6.07) is 12.5. The number of hydrogen-bond donors (Lipinski definition) is 2. The van der Waals surface area contributed by atoms with Gasteiger partial charge in [-0.05, 0) is 55.2 Å². The van der Waals surface area contributed by atoms with Crippen molar-refractivity contribution in [2.75, 3.05) is 23.3 Å². The molecule has 0 unspecified atom stereocenters. The smallest absolute Gasteiger partial charge is 0.335 e. The Kier molecular flexibility index (Phi) is 5.30. The molecule has 2 heterocycles. The van der Waals surface area contributed by atoms with Crippen molar-refractivity contribution in [3.05, 3.63) is 58.6 Å². The summed E-state index contributed by atoms with van der Waals surface area (Å²) >= 11 is 6.21. The maximum atomic E-state index is 11.0. The Morgan fingerprint density at radius 1 is 1.07 bits per heavy atom. The Morgan fingerprint density at radius 2 is 1.82 bits per heavy atom. The van der Waals surface area contributed by atoms with Crippen LogP contribution in [0.25, 0.3) is 10.9 Å². The number of benzene rings is 2. The first-order valence-electron chi connectivity index (χ1n) is 9.38. The van der Waals surface area contributed by atoms with Gasteiger partial charge in [0.25, 0.3) is 0 Å². The van der Waals surface area contributed by atoms with Gasteiger partial charge in [-0.25, -0.2) is 9.78 Å². The van der Waals surface area contributed by atoms with Crippen LogP contribution in [0.3, 0.4) is 0 Å². The van der Waals surface area contributed by atoms with Crippen molar-refractivity contribution < 1.29 is 9.90 Å². The number of hydrogen-bond acceptors (Lipinski definition) is 5. The lowest BCUT2D eigenvalue weighted by molar-refractivity contribution is 0.0697. The van der Waals surface area contributed by atoms with Crippen LogP contribution < -0.4 is 10.2 Å². The van der Waals surface area contributed by atoms with Crippen molar-refractivity contribution >= 4 is 40.2 Å². The minimum atomic E-state index is -0.929. The van der Waals surface area contributed by atoms with E-state index in [1.807, 2.05) is 18.2 Å². The highest BCUT2D eigenvalue weighted by molar-refractivity contribution is 6.31. The molecule has 6 nitrogen and oxygen atoms in total. The van der Waals surface area contributed by atoms with E-state index in [9.17, 15) is 4.79 Å². The number of aromatic carboxylic acids is 1. The van der Waals surface area contributed by atoms with Gasteiger partial charge in [-0.2, -0.15) is 4.98 Å². The number of halogens is 1. The third-order valence-electron chi connectivity index (χ3n) is 4.94. The normalized spacial score (nSPS) is 14.2. The fourth-order valence-corrected chi connectivity index (χ4v) is 3.63. The van der Waals surface area contributed by atoms with Gasteiger partial charge in [0.1, 0.15) is 5.82 Å². The molecule has 1 fully saturated rings. The second-order valence-corrected chi connectivity index (χ2v) is 7.37. The fourth-order valence-electron chi connectivity index (χ4n) is 3.46. The van der Waals surface area contributed by atoms with E-state index in [0.717, 1.165) is 48.2 Å². The molecule has 0 saturated carbocycles. The fraction of sp³-hybridized carbons (Fsp3) is 0.286. The lowest BCUT2D eigenvalue weighted by atomic mass is 10.1. The predicted octanol–water partition coefficient (Wildman–Crippen LogP) is 4.58. The third kappa shape index (κ3) is 4.02. The molecule has 28 heavy (non-hydrogen) atoms. The van der Waals surface area contributed by atoms with Crippen LogP contribution in [0.5, 0.6) is 0 Å². The number of carboxylic acids is 1. The van der Waals surface area contributed by atoms with Gasteiger partial charge in [-0.15, -0.1) is 0 Å². The molecule has 4 rings (SSSR count). The first-order valence-corrected chi connectivity index (χ1v) is 9.76. The molecule has 3 aromatic rings. The highest BCUT2D eigenvalue weighted by Crippen LogP contribution is 2.30. The van der Waals surface area contributed by atoms with Gasteiger partial charge in [0, 0.05) is 30.0 Å². The largest absolute Gasteiger partial charge is 0.478 e. The van der Waals surface area contributed by atoms with Gasteiger partial charge in [0.05, 0.1) is 11.1 Å². The Labute approximate surface area is 168 Å². The van der Waals surface area contributed by atoms with E-state index in [1.54, 1.807) is 24.3 Å². The maximum absolute atomic E-state index is 11.0. The zero-order valence-electron chi connectivity index (χ0n) is 15.4. The van der Waals surface area contributed by atoms with Crippen LogP contribution in [0.15, 0.2) is 42.5 Å². The van der Waals surface area contributed by atoms with E-state index >= 15 is 0 Å². The van der Waals surface area contributed by atoms with E-state index in [2.05, 4.69) is 15.2 Å². The van der Waals surface area contributed by atoms with Gasteiger partial charge in [0.15, 0.2) is 0 Å². The summed E-state index contributed by atoms with van der Waals surface area (Å²) in [4.78, 5) is 22.7. The molecule has 7 heteroatoms. The lowest BCUT2D eigenvalue weighted by Gasteiger charge is -2.29. The summed E-state index contributed by atoms with van der Waals surface area (Å²) in [5.74, 6) is 0.538. The van der Waals surface area contributed by atoms with Gasteiger partial charge < -0.3 is 15.3 Å². The van der Waals surface area contributed by atoms with Gasteiger partial charge in [-0.1, -0.05) is 23.7 Å². The average molecular weight is 397 g/mol. The molecule has 0 bridgehead atoms. The van der Waals surface area contributed by atoms with Crippen molar-refractivity contribution in [2.24, 2.45) is 0 Å². The first-order chi connectivity index (χ1) is 13.6. The number of anilines is 2. The van der Waals surface area contributed by atoms with Gasteiger partial charge in [0.2, 0.25) is 5.95 Å². The van der Waals surface area contributed by atoms with Crippen LogP contribution in [0.2, 0.25) is 5.02 Å². The van der Waals surface area contributed by atoms with Crippen LogP contribution in [0, 0.1) is 0 Å². The number of nitrogens with one attached hydrogen (secondary N) is 1. The molecule has 0 amide bonds. The van der Waals surface area contributed by atoms with Gasteiger partial charge >= 0.3 is 5.97 Å². The summed E-state index contributed by atoms with van der Waals surface area (Å²) in [5.41, 5.74) is 2.09. The predicted molar refractivity (Wildman–Crippen MR) is 111 cm³/mol. The molecule has 144 valence electrons. The van der Waals surface area contributed by atoms with E-state index in [4.69, 9.17) is 21.7 Å². The molecular formula is C21H21ClN4O2. The highest BCUT2D eigenvalue weighted by Gasteiger charge is 2.17. The maximum Gasteiger partial charge on any atom is 0.335 e. The van der Waals surface area contributed by atoms with E-state index in [0.29, 0.717) is 17.5 Å². The zero-order valence-corrected chi connectivity index (χ0v) is 16.1. The average Bonchev–Trinajstić information content (AvgIpc) is 2.72. The van der Waals surface area contributed by atoms with E-state index in [-0.39, 0.29) is 5.56 Å². The first kappa shape index (κ1) is 18.5. The Bertz CT molecular complexity index is 1000. The molecule has 1 aliphatic heterocycles. The summed E-state index contributed by atoms with van der Waals surface area (Å²) in [5, 5.41) is 13.9. The van der Waals surface area contributed by atoms with Crippen LogP contribution in [0.1, 0.15) is 35.2 Å². The lowest BCUT2D eigenvalue weighted by Crippen LogP contribution is -2.30. The number of carboxylic acid groups (broad SMARTS) is 1. The molecule has 2 N–H and O–H groups in total. The van der Waals surface area contributed by atoms with Crippen LogP contribution >= 0.6 is 11.6 Å². The number of rotatable bonds is 5. The van der Waals surface area contributed by atoms with Crippen molar-refractivity contribution in [3.63, 3.8) is 0 Å². The molecule has 0 atom stereocenters. The van der Waals surface area contributed by atoms with Crippen molar-refractivity contribution in [1.29, 1.82) is 0 Å². The van der Waals surface area contributed by atoms with E-state index in [1.165, 1.54) is 6.42 Å². The monoisotopic (exact) mass is 396 g/mol. The van der Waals surface area contributed by atoms with Crippen LogP contribution in [0.4, 0.5) is 11.8 Å². The molecule has 0 radical (unpaired) electrons. The quantitative estimate of drug-likeness (QED) is 0.657. The number of nitrogens with zero attached hydrogens (tertiary/aromatic N) is 3. The third-order valence-corrected chi connectivity index (χ3v) is 5.18. The molecule has 0 aliphatic carbocycles. The standard InChI is InChI=1S/C21H21ClN4O2/c22-16-8-9-18-17(12-16)19(26-10-2-1-3-11-26)25-21(24-18)23-13-14-4-6-15(7-5-14)20(27)28/h4-9,12H,1-3,10-11,13H2,(H,27,28)(H,23,24,25). The second kappa shape index (κ2) is 8.02. The topological polar surface area (TPSA) is 78.3 Å². The molecule has 1 saturated heterocycles. The summed E-state index contributed by atoms with van der Waals surface area (Å²) < 4.78 is 0. The summed E-state index contributed by atoms with van der Waals surface area (Å²) in [7, 11) is 0. The molecule has 2 aromatic carbocycles. The number of piperidine rings is 1. The summed E-state index contributed by atoms with van der Waals surface area (Å²) in [6.45, 7) is 2.47.